The number of hydrogen-bond acceptors (Lipinski definition) is 0. The van der Waals surface area contributed by atoms with Crippen molar-refractivity contribution in [2.75, 3.05) is 0 Å². The summed E-state index contributed by atoms with van der Waals surface area (Å²) in [4.78, 5) is 4.71. The van der Waals surface area contributed by atoms with Crippen LogP contribution in [-0.4, -0.2) is 41.8 Å². The van der Waals surface area contributed by atoms with E-state index in [1.54, 1.807) is 7.22 Å². The number of benzene rings is 1. The molecule has 0 aliphatic rings. The van der Waals surface area contributed by atoms with Crippen LogP contribution >= 0.6 is 0 Å². The van der Waals surface area contributed by atoms with Gasteiger partial charge in [0.1, 0.15) is 0 Å². The van der Waals surface area contributed by atoms with Gasteiger partial charge in [0.2, 0.25) is 0 Å². The van der Waals surface area contributed by atoms with Crippen LogP contribution in [0.1, 0.15) is 0 Å². The summed E-state index contributed by atoms with van der Waals surface area (Å²) in [5, 5.41) is 0. The third-order valence-electron chi connectivity index (χ3n) is 1.29. The van der Waals surface area contributed by atoms with E-state index in [-0.39, 0.29) is 41.8 Å². The molecule has 0 aliphatic heterocycles. The molecule has 0 nitrogen and oxygen atoms in total. The summed E-state index contributed by atoms with van der Waals surface area (Å²) in [7, 11) is 0. The van der Waals surface area contributed by atoms with Crippen molar-refractivity contribution in [3.8, 4) is 0 Å². The SMILES string of the molecule is C[Te]c1ccccc1[Te]C. The molecule has 0 amide bonds. The molecule has 0 saturated carbocycles. The second-order valence-electron chi connectivity index (χ2n) is 1.85. The minimum absolute atomic E-state index is 0.155. The quantitative estimate of drug-likeness (QED) is 0.671. The molecular weight excluding hydrogens is 351 g/mol. The van der Waals surface area contributed by atoms with E-state index in [1.165, 1.54) is 0 Å². The van der Waals surface area contributed by atoms with Crippen LogP contribution in [0.15, 0.2) is 24.3 Å². The second-order valence-corrected chi connectivity index (χ2v) is 6.70. The van der Waals surface area contributed by atoms with Crippen molar-refractivity contribution in [2.45, 2.75) is 9.94 Å². The summed E-state index contributed by atoms with van der Waals surface area (Å²) < 4.78 is 3.36. The van der Waals surface area contributed by atoms with Crippen LogP contribution < -0.4 is 7.22 Å². The van der Waals surface area contributed by atoms with Crippen molar-refractivity contribution < 1.29 is 0 Å². The maximum atomic E-state index is 2.35. The average molecular weight is 361 g/mol. The van der Waals surface area contributed by atoms with Gasteiger partial charge in [-0.05, 0) is 0 Å². The molecule has 0 radical (unpaired) electrons. The Kier molecular flexibility index (Phi) is 4.12. The molecule has 1 aromatic rings. The van der Waals surface area contributed by atoms with Gasteiger partial charge in [0, 0.05) is 0 Å². The molecule has 1 aromatic carbocycles. The van der Waals surface area contributed by atoms with Gasteiger partial charge >= 0.3 is 83.3 Å². The Morgan fingerprint density at radius 2 is 1.30 bits per heavy atom. The summed E-state index contributed by atoms with van der Waals surface area (Å²) in [5.41, 5.74) is 0. The molecule has 2 heteroatoms. The van der Waals surface area contributed by atoms with E-state index in [1.807, 2.05) is 0 Å². The first-order chi connectivity index (χ1) is 4.88. The van der Waals surface area contributed by atoms with Gasteiger partial charge in [-0.15, -0.1) is 0 Å². The molecule has 0 atom stereocenters. The summed E-state index contributed by atoms with van der Waals surface area (Å²) >= 11 is 0.309. The molecule has 0 spiro atoms. The van der Waals surface area contributed by atoms with Crippen LogP contribution in [0.4, 0.5) is 0 Å². The van der Waals surface area contributed by atoms with E-state index in [9.17, 15) is 0 Å². The van der Waals surface area contributed by atoms with Gasteiger partial charge in [0.25, 0.3) is 0 Å². The molecule has 0 aromatic heterocycles. The van der Waals surface area contributed by atoms with Crippen molar-refractivity contribution in [3.05, 3.63) is 24.3 Å². The maximum absolute atomic E-state index is 2.35. The van der Waals surface area contributed by atoms with Crippen LogP contribution in [0.5, 0.6) is 0 Å². The first-order valence-electron chi connectivity index (χ1n) is 3.05. The first kappa shape index (κ1) is 8.89. The molecule has 0 bridgehead atoms. The van der Waals surface area contributed by atoms with Crippen molar-refractivity contribution in [2.24, 2.45) is 0 Å². The van der Waals surface area contributed by atoms with Crippen LogP contribution in [0, 0.1) is 0 Å². The van der Waals surface area contributed by atoms with Gasteiger partial charge in [-0.3, -0.25) is 0 Å². The molecule has 1 rings (SSSR count). The van der Waals surface area contributed by atoms with E-state index in [0.717, 1.165) is 0 Å². The van der Waals surface area contributed by atoms with Crippen LogP contribution in [0.25, 0.3) is 0 Å². The molecule has 0 fully saturated rings. The van der Waals surface area contributed by atoms with E-state index in [4.69, 9.17) is 0 Å². The minimum atomic E-state index is 0.155. The van der Waals surface area contributed by atoms with Crippen molar-refractivity contribution in [1.82, 2.24) is 0 Å². The molecule has 0 saturated heterocycles. The van der Waals surface area contributed by atoms with Gasteiger partial charge in [0.05, 0.1) is 0 Å². The zero-order valence-corrected chi connectivity index (χ0v) is 10.8. The number of hydrogen-bond donors (Lipinski definition) is 0. The average Bonchev–Trinajstić information content (AvgIpc) is 2.04. The fourth-order valence-corrected chi connectivity index (χ4v) is 6.74. The molecule has 0 heterocycles. The van der Waals surface area contributed by atoms with Crippen LogP contribution in [-0.2, 0) is 0 Å². The molecule has 0 N–H and O–H groups in total. The van der Waals surface area contributed by atoms with Gasteiger partial charge in [-0.2, -0.15) is 0 Å². The Hall–Kier alpha value is 0.799. The zero-order chi connectivity index (χ0) is 7.40. The third-order valence-corrected chi connectivity index (χ3v) is 7.08. The standard InChI is InChI=1S/C8H10Te2/c1-9-7-5-3-4-6-8(7)10-2/h3-6H,1-2H3. The molecule has 54 valence electrons. The molecule has 10 heavy (non-hydrogen) atoms. The van der Waals surface area contributed by atoms with E-state index in [0.29, 0.717) is 0 Å². The number of rotatable bonds is 2. The summed E-state index contributed by atoms with van der Waals surface area (Å²) in [6, 6.07) is 8.92. The van der Waals surface area contributed by atoms with Gasteiger partial charge in [-0.25, -0.2) is 0 Å². The van der Waals surface area contributed by atoms with E-state index >= 15 is 0 Å². The van der Waals surface area contributed by atoms with Crippen molar-refractivity contribution in [3.63, 3.8) is 0 Å². The topological polar surface area (TPSA) is 0 Å². The Bertz CT molecular complexity index is 185. The molecular formula is C8H10Te2. The Labute approximate surface area is 82.6 Å². The Balaban J connectivity index is 2.96. The normalized spacial score (nSPS) is 9.80. The van der Waals surface area contributed by atoms with Gasteiger partial charge < -0.3 is 0 Å². The van der Waals surface area contributed by atoms with Crippen molar-refractivity contribution >= 4 is 49.1 Å². The van der Waals surface area contributed by atoms with Crippen LogP contribution in [0.2, 0.25) is 9.94 Å². The van der Waals surface area contributed by atoms with E-state index < -0.39 is 0 Å². The first-order valence-corrected chi connectivity index (χ1v) is 10.0. The monoisotopic (exact) mass is 366 g/mol. The van der Waals surface area contributed by atoms with Gasteiger partial charge in [-0.1, -0.05) is 0 Å². The third kappa shape index (κ3) is 2.14. The molecule has 0 unspecified atom stereocenters. The summed E-state index contributed by atoms with van der Waals surface area (Å²) in [6.45, 7) is 0. The predicted molar refractivity (Wildman–Crippen MR) is 48.9 cm³/mol. The fourth-order valence-electron chi connectivity index (χ4n) is 0.787. The Morgan fingerprint density at radius 3 is 1.60 bits per heavy atom. The van der Waals surface area contributed by atoms with Crippen LogP contribution in [0.3, 0.4) is 0 Å². The second kappa shape index (κ2) is 4.63. The predicted octanol–water partition coefficient (Wildman–Crippen LogP) is 0.442. The van der Waals surface area contributed by atoms with Gasteiger partial charge in [0.15, 0.2) is 0 Å². The van der Waals surface area contributed by atoms with Crippen molar-refractivity contribution in [1.29, 1.82) is 0 Å². The Morgan fingerprint density at radius 1 is 0.900 bits per heavy atom. The fraction of sp³-hybridized carbons (Fsp3) is 0.250. The summed E-state index contributed by atoms with van der Waals surface area (Å²) in [5.74, 6) is 0. The summed E-state index contributed by atoms with van der Waals surface area (Å²) in [6.07, 6.45) is 0. The molecule has 0 aliphatic carbocycles. The zero-order valence-electron chi connectivity index (χ0n) is 6.13. The van der Waals surface area contributed by atoms with E-state index in [2.05, 4.69) is 34.2 Å².